The van der Waals surface area contributed by atoms with Crippen molar-refractivity contribution in [2.24, 2.45) is 0 Å². The number of fused-ring (bicyclic) bond motifs is 2. The monoisotopic (exact) mass is 558 g/mol. The van der Waals surface area contributed by atoms with Crippen LogP contribution in [-0.4, -0.2) is 82.1 Å². The molecule has 0 radical (unpaired) electrons. The van der Waals surface area contributed by atoms with Crippen molar-refractivity contribution >= 4 is 45.7 Å². The average molecular weight is 559 g/mol. The number of amides is 2. The highest BCUT2D eigenvalue weighted by Gasteiger charge is 2.27. The molecule has 214 valence electrons. The van der Waals surface area contributed by atoms with Gasteiger partial charge in [0.2, 0.25) is 11.8 Å². The number of rotatable bonds is 8. The van der Waals surface area contributed by atoms with E-state index >= 15 is 0 Å². The van der Waals surface area contributed by atoms with E-state index < -0.39 is 5.97 Å². The molecule has 11 heteroatoms. The number of aldehydes is 1. The van der Waals surface area contributed by atoms with E-state index in [-0.39, 0.29) is 37.4 Å². The van der Waals surface area contributed by atoms with Crippen LogP contribution in [0, 0.1) is 0 Å². The van der Waals surface area contributed by atoms with Crippen molar-refractivity contribution in [3.63, 3.8) is 0 Å². The molecule has 3 heterocycles. The van der Waals surface area contributed by atoms with Crippen LogP contribution >= 0.6 is 0 Å². The highest BCUT2D eigenvalue weighted by atomic mass is 16.4. The van der Waals surface area contributed by atoms with Crippen LogP contribution in [0.15, 0.2) is 54.9 Å². The minimum absolute atomic E-state index is 0.125. The number of hydrogen-bond acceptors (Lipinski definition) is 7. The Morgan fingerprint density at radius 1 is 1.07 bits per heavy atom. The number of carboxylic acids is 1. The summed E-state index contributed by atoms with van der Waals surface area (Å²) in [7, 11) is 1.61. The standard InChI is InChI=1S/C25H24N4O2.C5H10N2O3/c1-17(31)28-11-8-19(9-12-28)25-24-22(3-2-4-23(24)29(27-25)13-14-30)20-6-5-18-7-10-26-16-21(18)15-20;1-6-2-4(8)7-3-5(9)10/h2-7,10,14-16,19H,8-9,11-13H2,1H3;6H,2-3H2,1H3,(H,7,8)(H,9,10). The molecule has 0 saturated carbocycles. The van der Waals surface area contributed by atoms with E-state index in [4.69, 9.17) is 10.2 Å². The Labute approximate surface area is 237 Å². The molecule has 0 bridgehead atoms. The van der Waals surface area contributed by atoms with Gasteiger partial charge in [0.1, 0.15) is 12.8 Å². The first kappa shape index (κ1) is 29.3. The number of likely N-dealkylation sites (N-methyl/N-ethyl adjacent to an activating group) is 1. The Bertz CT molecular complexity index is 1560. The molecule has 0 spiro atoms. The smallest absolute Gasteiger partial charge is 0.322 e. The van der Waals surface area contributed by atoms with E-state index in [1.165, 1.54) is 0 Å². The molecule has 2 amide bonds. The van der Waals surface area contributed by atoms with Gasteiger partial charge in [-0.3, -0.25) is 24.0 Å². The third-order valence-electron chi connectivity index (χ3n) is 7.11. The quantitative estimate of drug-likeness (QED) is 0.280. The van der Waals surface area contributed by atoms with Crippen molar-refractivity contribution in [3.8, 4) is 11.1 Å². The van der Waals surface area contributed by atoms with Crippen LogP contribution in [0.5, 0.6) is 0 Å². The van der Waals surface area contributed by atoms with Gasteiger partial charge in [-0.25, -0.2) is 0 Å². The Kier molecular flexibility index (Phi) is 9.75. The summed E-state index contributed by atoms with van der Waals surface area (Å²) in [6.07, 6.45) is 6.33. The number of piperidine rings is 1. The second kappa shape index (κ2) is 13.6. The Balaban J connectivity index is 0.000000334. The zero-order chi connectivity index (χ0) is 29.4. The fourth-order valence-corrected chi connectivity index (χ4v) is 5.11. The van der Waals surface area contributed by atoms with Gasteiger partial charge >= 0.3 is 5.97 Å². The van der Waals surface area contributed by atoms with Crippen LogP contribution in [0.4, 0.5) is 0 Å². The fraction of sp³-hybridized carbons (Fsp3) is 0.333. The van der Waals surface area contributed by atoms with Crippen molar-refractivity contribution in [1.82, 2.24) is 30.3 Å². The molecule has 0 unspecified atom stereocenters. The lowest BCUT2D eigenvalue weighted by Crippen LogP contribution is -2.36. The maximum Gasteiger partial charge on any atom is 0.322 e. The maximum absolute atomic E-state index is 11.8. The molecule has 1 aliphatic heterocycles. The van der Waals surface area contributed by atoms with Gasteiger partial charge in [-0.15, -0.1) is 0 Å². The normalized spacial score (nSPS) is 13.5. The first-order valence-corrected chi connectivity index (χ1v) is 13.5. The fourth-order valence-electron chi connectivity index (χ4n) is 5.11. The number of benzene rings is 2. The van der Waals surface area contributed by atoms with Gasteiger partial charge in [-0.1, -0.05) is 24.3 Å². The third-order valence-corrected chi connectivity index (χ3v) is 7.11. The van der Waals surface area contributed by atoms with Gasteiger partial charge in [-0.2, -0.15) is 5.10 Å². The number of carboxylic acid groups (broad SMARTS) is 1. The highest BCUT2D eigenvalue weighted by molar-refractivity contribution is 5.99. The number of aliphatic carboxylic acids is 1. The van der Waals surface area contributed by atoms with Gasteiger partial charge in [0.25, 0.3) is 0 Å². The molecule has 4 aromatic rings. The molecule has 2 aromatic heterocycles. The molecule has 1 saturated heterocycles. The lowest BCUT2D eigenvalue weighted by Gasteiger charge is -2.30. The summed E-state index contributed by atoms with van der Waals surface area (Å²) in [6, 6.07) is 14.6. The molecule has 1 fully saturated rings. The van der Waals surface area contributed by atoms with E-state index in [0.29, 0.717) is 0 Å². The molecule has 41 heavy (non-hydrogen) atoms. The van der Waals surface area contributed by atoms with Crippen molar-refractivity contribution in [2.75, 3.05) is 33.2 Å². The lowest BCUT2D eigenvalue weighted by molar-refractivity contribution is -0.137. The number of aromatic nitrogens is 3. The largest absolute Gasteiger partial charge is 0.480 e. The average Bonchev–Trinajstić information content (AvgIpc) is 3.35. The molecule has 3 N–H and O–H groups in total. The summed E-state index contributed by atoms with van der Waals surface area (Å²) < 4.78 is 1.81. The lowest BCUT2D eigenvalue weighted by atomic mass is 9.89. The Morgan fingerprint density at radius 2 is 1.85 bits per heavy atom. The van der Waals surface area contributed by atoms with Crippen LogP contribution in [0.1, 0.15) is 31.4 Å². The molecular formula is C30H34N6O5. The van der Waals surface area contributed by atoms with Gasteiger partial charge in [0.15, 0.2) is 0 Å². The second-order valence-electron chi connectivity index (χ2n) is 9.85. The van der Waals surface area contributed by atoms with E-state index in [0.717, 1.165) is 70.7 Å². The van der Waals surface area contributed by atoms with Gasteiger partial charge in [0.05, 0.1) is 24.3 Å². The van der Waals surface area contributed by atoms with Crippen LogP contribution in [0.25, 0.3) is 32.8 Å². The maximum atomic E-state index is 11.8. The summed E-state index contributed by atoms with van der Waals surface area (Å²) in [6.45, 7) is 3.17. The summed E-state index contributed by atoms with van der Waals surface area (Å²) in [5, 5.41) is 21.1. The zero-order valence-electron chi connectivity index (χ0n) is 23.2. The molecule has 0 aliphatic carbocycles. The minimum atomic E-state index is -1.04. The van der Waals surface area contributed by atoms with Crippen LogP contribution in [0.2, 0.25) is 0 Å². The molecule has 11 nitrogen and oxygen atoms in total. The number of hydrogen-bond donors (Lipinski definition) is 3. The number of likely N-dealkylation sites (tertiary alicyclic amines) is 1. The molecule has 5 rings (SSSR count). The van der Waals surface area contributed by atoms with Gasteiger partial charge in [-0.05, 0) is 54.6 Å². The predicted molar refractivity (Wildman–Crippen MR) is 155 cm³/mol. The van der Waals surface area contributed by atoms with E-state index in [1.54, 1.807) is 24.9 Å². The van der Waals surface area contributed by atoms with Crippen molar-refractivity contribution in [1.29, 1.82) is 0 Å². The molecule has 2 aromatic carbocycles. The second-order valence-corrected chi connectivity index (χ2v) is 9.85. The SMILES string of the molecule is CC(=O)N1CCC(c2nn(CC=O)c3cccc(-c4ccc5ccncc5c4)c23)CC1.CNCC(=O)NCC(=O)O. The summed E-state index contributed by atoms with van der Waals surface area (Å²) >= 11 is 0. The van der Waals surface area contributed by atoms with Crippen molar-refractivity contribution < 1.29 is 24.3 Å². The highest BCUT2D eigenvalue weighted by Crippen LogP contribution is 2.38. The first-order valence-electron chi connectivity index (χ1n) is 13.5. The van der Waals surface area contributed by atoms with Crippen LogP contribution in [0.3, 0.4) is 0 Å². The zero-order valence-corrected chi connectivity index (χ0v) is 23.2. The summed E-state index contributed by atoms with van der Waals surface area (Å²) in [5.74, 6) is -0.969. The topological polar surface area (TPSA) is 147 Å². The number of nitrogens with one attached hydrogen (secondary N) is 2. The molecular weight excluding hydrogens is 524 g/mol. The van der Waals surface area contributed by atoms with Crippen molar-refractivity contribution in [3.05, 3.63) is 60.6 Å². The van der Waals surface area contributed by atoms with Crippen LogP contribution < -0.4 is 10.6 Å². The molecule has 1 aliphatic rings. The van der Waals surface area contributed by atoms with Crippen molar-refractivity contribution in [2.45, 2.75) is 32.2 Å². The Morgan fingerprint density at radius 3 is 2.54 bits per heavy atom. The van der Waals surface area contributed by atoms with Crippen LogP contribution in [-0.2, 0) is 25.7 Å². The minimum Gasteiger partial charge on any atom is -0.480 e. The number of carbonyl (C=O) groups is 4. The van der Waals surface area contributed by atoms with Gasteiger partial charge in [0, 0.05) is 49.1 Å². The van der Waals surface area contributed by atoms with Gasteiger partial charge < -0.3 is 25.4 Å². The van der Waals surface area contributed by atoms with E-state index in [9.17, 15) is 19.2 Å². The number of nitrogens with zero attached hydrogens (tertiary/aromatic N) is 4. The number of carbonyl (C=O) groups excluding carboxylic acids is 3. The van der Waals surface area contributed by atoms with E-state index in [2.05, 4.69) is 39.9 Å². The Hall–Kier alpha value is -4.64. The summed E-state index contributed by atoms with van der Waals surface area (Å²) in [4.78, 5) is 49.6. The summed E-state index contributed by atoms with van der Waals surface area (Å²) in [5.41, 5.74) is 4.23. The first-order chi connectivity index (χ1) is 19.8. The molecule has 0 atom stereocenters. The number of pyridine rings is 1. The van der Waals surface area contributed by atoms with E-state index in [1.807, 2.05) is 29.3 Å². The third kappa shape index (κ3) is 7.12. The predicted octanol–water partition coefficient (Wildman–Crippen LogP) is 2.58.